The molecule has 0 radical (unpaired) electrons. The average Bonchev–Trinajstić information content (AvgIpc) is 1.94. The number of likely N-dealkylation sites (N-methyl/N-ethyl adjacent to an activating group) is 1. The summed E-state index contributed by atoms with van der Waals surface area (Å²) < 4.78 is 0. The molecule has 3 heteroatoms. The quantitative estimate of drug-likeness (QED) is 0.481. The first-order chi connectivity index (χ1) is 4.84. The molecule has 10 heavy (non-hydrogen) atoms. The van der Waals surface area contributed by atoms with Crippen LogP contribution >= 0.6 is 0 Å². The largest absolute Gasteiger partial charge is 0.391 e. The van der Waals surface area contributed by atoms with Gasteiger partial charge < -0.3 is 15.7 Å². The van der Waals surface area contributed by atoms with Crippen LogP contribution in [0.3, 0.4) is 0 Å². The van der Waals surface area contributed by atoms with Gasteiger partial charge in [0.05, 0.1) is 6.10 Å². The maximum absolute atomic E-state index is 9.40. The zero-order valence-corrected chi connectivity index (χ0v) is 6.43. The van der Waals surface area contributed by atoms with Gasteiger partial charge in [0.1, 0.15) is 0 Å². The summed E-state index contributed by atoms with van der Waals surface area (Å²) in [4.78, 5) is 0. The predicted molar refractivity (Wildman–Crippen MR) is 41.0 cm³/mol. The van der Waals surface area contributed by atoms with Crippen molar-refractivity contribution in [1.82, 2.24) is 10.6 Å². The molecule has 0 saturated carbocycles. The first-order valence-electron chi connectivity index (χ1n) is 3.96. The summed E-state index contributed by atoms with van der Waals surface area (Å²) in [6, 6.07) is 0.263. The average molecular weight is 144 g/mol. The van der Waals surface area contributed by atoms with Crippen molar-refractivity contribution in [3.8, 4) is 0 Å². The summed E-state index contributed by atoms with van der Waals surface area (Å²) in [7, 11) is 0. The molecule has 0 amide bonds. The van der Waals surface area contributed by atoms with E-state index in [1.165, 1.54) is 0 Å². The van der Waals surface area contributed by atoms with Gasteiger partial charge >= 0.3 is 0 Å². The van der Waals surface area contributed by atoms with Gasteiger partial charge in [-0.1, -0.05) is 6.92 Å². The van der Waals surface area contributed by atoms with E-state index >= 15 is 0 Å². The minimum atomic E-state index is -0.152. The summed E-state index contributed by atoms with van der Waals surface area (Å²) in [6.07, 6.45) is 0.721. The Kier molecular flexibility index (Phi) is 3.12. The molecule has 1 rings (SSSR count). The van der Waals surface area contributed by atoms with Crippen molar-refractivity contribution in [2.75, 3.05) is 19.6 Å². The van der Waals surface area contributed by atoms with E-state index in [9.17, 15) is 5.11 Å². The van der Waals surface area contributed by atoms with E-state index in [2.05, 4.69) is 17.6 Å². The van der Waals surface area contributed by atoms with Crippen LogP contribution in [-0.4, -0.2) is 36.9 Å². The smallest absolute Gasteiger partial charge is 0.0717 e. The molecular formula is C7H16N2O. The van der Waals surface area contributed by atoms with Gasteiger partial charge in [-0.2, -0.15) is 0 Å². The fourth-order valence-electron chi connectivity index (χ4n) is 1.32. The van der Waals surface area contributed by atoms with E-state index < -0.39 is 0 Å². The maximum atomic E-state index is 9.40. The molecule has 0 aromatic heterocycles. The normalized spacial score (nSPS) is 34.2. The molecule has 0 aliphatic carbocycles. The van der Waals surface area contributed by atoms with Gasteiger partial charge in [0, 0.05) is 12.6 Å². The molecule has 1 aliphatic heterocycles. The van der Waals surface area contributed by atoms with Gasteiger partial charge in [0.15, 0.2) is 0 Å². The van der Waals surface area contributed by atoms with Crippen LogP contribution < -0.4 is 10.6 Å². The lowest BCUT2D eigenvalue weighted by atomic mass is 10.0. The lowest BCUT2D eigenvalue weighted by Gasteiger charge is -2.28. The first kappa shape index (κ1) is 7.98. The summed E-state index contributed by atoms with van der Waals surface area (Å²) in [5.41, 5.74) is 0. The van der Waals surface area contributed by atoms with Crippen LogP contribution in [-0.2, 0) is 0 Å². The summed E-state index contributed by atoms with van der Waals surface area (Å²) in [5.74, 6) is 0. The predicted octanol–water partition coefficient (Wildman–Crippen LogP) is -0.681. The second-order valence-corrected chi connectivity index (χ2v) is 2.72. The third-order valence-corrected chi connectivity index (χ3v) is 1.91. The summed E-state index contributed by atoms with van der Waals surface area (Å²) >= 11 is 0. The number of hydrogen-bond acceptors (Lipinski definition) is 3. The molecule has 1 fully saturated rings. The summed E-state index contributed by atoms with van der Waals surface area (Å²) in [6.45, 7) is 4.84. The number of piperidine rings is 1. The van der Waals surface area contributed by atoms with Crippen LogP contribution in [0.4, 0.5) is 0 Å². The van der Waals surface area contributed by atoms with E-state index in [4.69, 9.17) is 0 Å². The van der Waals surface area contributed by atoms with Crippen molar-refractivity contribution in [2.24, 2.45) is 0 Å². The lowest BCUT2D eigenvalue weighted by Crippen LogP contribution is -2.51. The molecule has 0 bridgehead atoms. The van der Waals surface area contributed by atoms with Crippen LogP contribution in [0.15, 0.2) is 0 Å². The highest BCUT2D eigenvalue weighted by molar-refractivity contribution is 4.82. The highest BCUT2D eigenvalue weighted by atomic mass is 16.3. The molecule has 1 aliphatic rings. The van der Waals surface area contributed by atoms with E-state index in [1.807, 2.05) is 0 Å². The molecule has 0 spiro atoms. The Bertz CT molecular complexity index is 95.6. The van der Waals surface area contributed by atoms with Gasteiger partial charge in [-0.3, -0.25) is 0 Å². The Morgan fingerprint density at radius 1 is 1.70 bits per heavy atom. The monoisotopic (exact) mass is 144 g/mol. The second-order valence-electron chi connectivity index (χ2n) is 2.72. The number of aliphatic hydroxyl groups is 1. The Labute approximate surface area is 61.8 Å². The Morgan fingerprint density at radius 3 is 3.10 bits per heavy atom. The molecule has 3 nitrogen and oxygen atoms in total. The minimum absolute atomic E-state index is 0.152. The van der Waals surface area contributed by atoms with Crippen LogP contribution in [0.25, 0.3) is 0 Å². The Morgan fingerprint density at radius 2 is 2.50 bits per heavy atom. The van der Waals surface area contributed by atoms with E-state index in [1.54, 1.807) is 0 Å². The van der Waals surface area contributed by atoms with Crippen molar-refractivity contribution in [2.45, 2.75) is 25.5 Å². The van der Waals surface area contributed by atoms with E-state index in [0.717, 1.165) is 26.1 Å². The maximum Gasteiger partial charge on any atom is 0.0717 e. The van der Waals surface area contributed by atoms with Gasteiger partial charge in [-0.05, 0) is 19.5 Å². The fraction of sp³-hybridized carbons (Fsp3) is 1.00. The third-order valence-electron chi connectivity index (χ3n) is 1.91. The van der Waals surface area contributed by atoms with Crippen molar-refractivity contribution in [1.29, 1.82) is 0 Å². The van der Waals surface area contributed by atoms with Crippen LogP contribution in [0.5, 0.6) is 0 Å². The SMILES string of the molecule is CCN[C@H]1CNCC[C@@H]1O. The van der Waals surface area contributed by atoms with Crippen molar-refractivity contribution in [3.63, 3.8) is 0 Å². The van der Waals surface area contributed by atoms with Crippen LogP contribution in [0.2, 0.25) is 0 Å². The number of nitrogens with one attached hydrogen (secondary N) is 2. The molecule has 0 aromatic rings. The van der Waals surface area contributed by atoms with Gasteiger partial charge in [-0.25, -0.2) is 0 Å². The topological polar surface area (TPSA) is 44.3 Å². The van der Waals surface area contributed by atoms with Gasteiger partial charge in [0.25, 0.3) is 0 Å². The first-order valence-corrected chi connectivity index (χ1v) is 3.96. The molecule has 1 saturated heterocycles. The van der Waals surface area contributed by atoms with Gasteiger partial charge in [0.2, 0.25) is 0 Å². The lowest BCUT2D eigenvalue weighted by molar-refractivity contribution is 0.100. The molecule has 0 unspecified atom stereocenters. The van der Waals surface area contributed by atoms with Crippen molar-refractivity contribution < 1.29 is 5.11 Å². The number of aliphatic hydroxyl groups excluding tert-OH is 1. The third kappa shape index (κ3) is 1.94. The zero-order chi connectivity index (χ0) is 7.40. The molecule has 2 atom stereocenters. The van der Waals surface area contributed by atoms with Crippen molar-refractivity contribution >= 4 is 0 Å². The minimum Gasteiger partial charge on any atom is -0.391 e. The van der Waals surface area contributed by atoms with E-state index in [-0.39, 0.29) is 12.1 Å². The number of rotatable bonds is 2. The Balaban J connectivity index is 2.25. The standard InChI is InChI=1S/C7H16N2O/c1-2-9-6-5-8-4-3-7(6)10/h6-10H,2-5H2,1H3/t6-,7-/m0/s1. The summed E-state index contributed by atoms with van der Waals surface area (Å²) in [5, 5.41) is 15.8. The molecular weight excluding hydrogens is 128 g/mol. The van der Waals surface area contributed by atoms with E-state index in [0.29, 0.717) is 0 Å². The molecule has 3 N–H and O–H groups in total. The van der Waals surface area contributed by atoms with Gasteiger partial charge in [-0.15, -0.1) is 0 Å². The zero-order valence-electron chi connectivity index (χ0n) is 6.43. The highest BCUT2D eigenvalue weighted by Crippen LogP contribution is 2.01. The fourth-order valence-corrected chi connectivity index (χ4v) is 1.32. The van der Waals surface area contributed by atoms with Crippen LogP contribution in [0.1, 0.15) is 13.3 Å². The molecule has 60 valence electrons. The second kappa shape index (κ2) is 3.91. The molecule has 1 heterocycles. The van der Waals surface area contributed by atoms with Crippen molar-refractivity contribution in [3.05, 3.63) is 0 Å². The molecule has 0 aromatic carbocycles. The highest BCUT2D eigenvalue weighted by Gasteiger charge is 2.20. The number of hydrogen-bond donors (Lipinski definition) is 3. The van der Waals surface area contributed by atoms with Crippen LogP contribution in [0, 0.1) is 0 Å². The Hall–Kier alpha value is -0.120.